The molecule has 0 bridgehead atoms. The van der Waals surface area contributed by atoms with Crippen LogP contribution in [0.4, 0.5) is 5.69 Å². The van der Waals surface area contributed by atoms with Gasteiger partial charge >= 0.3 is 0 Å². The van der Waals surface area contributed by atoms with E-state index in [4.69, 9.17) is 0 Å². The summed E-state index contributed by atoms with van der Waals surface area (Å²) in [7, 11) is 0. The summed E-state index contributed by atoms with van der Waals surface area (Å²) in [5.41, 5.74) is 2.12. The zero-order chi connectivity index (χ0) is 10.7. The molecule has 1 aromatic rings. The Morgan fingerprint density at radius 3 is 2.60 bits per heavy atom. The van der Waals surface area contributed by atoms with Crippen LogP contribution in [0.15, 0.2) is 48.7 Å². The van der Waals surface area contributed by atoms with Gasteiger partial charge < -0.3 is 0 Å². The molecule has 15 heavy (non-hydrogen) atoms. The van der Waals surface area contributed by atoms with Crippen LogP contribution < -0.4 is 4.90 Å². The lowest BCUT2D eigenvalue weighted by molar-refractivity contribution is -0.117. The number of anilines is 1. The molecule has 1 heterocycles. The number of allylic oxidation sites excluding steroid dienone is 2. The van der Waals surface area contributed by atoms with Crippen LogP contribution in [0.2, 0.25) is 0 Å². The molecule has 0 unspecified atom stereocenters. The van der Waals surface area contributed by atoms with Gasteiger partial charge in [-0.15, -0.1) is 0 Å². The molecule has 1 amide bonds. The highest BCUT2D eigenvalue weighted by atomic mass is 16.2. The van der Waals surface area contributed by atoms with Crippen molar-refractivity contribution in [3.63, 3.8) is 0 Å². The number of benzene rings is 1. The Morgan fingerprint density at radius 1 is 1.13 bits per heavy atom. The minimum atomic E-state index is 0.101. The maximum Gasteiger partial charge on any atom is 0.234 e. The van der Waals surface area contributed by atoms with Crippen molar-refractivity contribution in [2.24, 2.45) is 0 Å². The van der Waals surface area contributed by atoms with Crippen molar-refractivity contribution in [2.45, 2.75) is 13.3 Å². The van der Waals surface area contributed by atoms with Crippen LogP contribution in [-0.4, -0.2) is 5.91 Å². The second-order valence-corrected chi connectivity index (χ2v) is 3.57. The number of carbonyl (C=O) groups is 1. The van der Waals surface area contributed by atoms with Crippen molar-refractivity contribution in [1.82, 2.24) is 0 Å². The first kappa shape index (κ1) is 9.71. The molecule has 2 heteroatoms. The molecule has 0 atom stereocenters. The Hall–Kier alpha value is -1.83. The molecular weight excluding hydrogens is 186 g/mol. The third-order valence-electron chi connectivity index (χ3n) is 2.36. The third-order valence-corrected chi connectivity index (χ3v) is 2.36. The molecule has 0 aromatic heterocycles. The van der Waals surface area contributed by atoms with Gasteiger partial charge in [-0.2, -0.15) is 0 Å². The second kappa shape index (κ2) is 4.13. The van der Waals surface area contributed by atoms with E-state index in [0.29, 0.717) is 6.42 Å². The molecule has 0 spiro atoms. The van der Waals surface area contributed by atoms with Crippen molar-refractivity contribution >= 4 is 11.6 Å². The van der Waals surface area contributed by atoms with E-state index in [9.17, 15) is 4.79 Å². The summed E-state index contributed by atoms with van der Waals surface area (Å²) >= 11 is 0. The molecule has 1 aliphatic rings. The second-order valence-electron chi connectivity index (χ2n) is 3.57. The van der Waals surface area contributed by atoms with Crippen molar-refractivity contribution in [3.8, 4) is 0 Å². The summed E-state index contributed by atoms with van der Waals surface area (Å²) in [4.78, 5) is 13.4. The Balaban J connectivity index is 2.30. The molecule has 0 fully saturated rings. The number of aryl methyl sites for hydroxylation is 1. The fourth-order valence-corrected chi connectivity index (χ4v) is 1.50. The fourth-order valence-electron chi connectivity index (χ4n) is 1.50. The molecule has 2 rings (SSSR count). The number of carbonyl (C=O) groups excluding carboxylic acids is 1. The van der Waals surface area contributed by atoms with Crippen molar-refractivity contribution < 1.29 is 4.79 Å². The molecule has 76 valence electrons. The summed E-state index contributed by atoms with van der Waals surface area (Å²) in [6.07, 6.45) is 7.90. The van der Waals surface area contributed by atoms with E-state index < -0.39 is 0 Å². The molecular formula is C13H13NO. The van der Waals surface area contributed by atoms with E-state index in [1.807, 2.05) is 49.4 Å². The maximum absolute atomic E-state index is 11.7. The van der Waals surface area contributed by atoms with E-state index in [0.717, 1.165) is 5.69 Å². The average Bonchev–Trinajstić information content (AvgIpc) is 2.44. The predicted octanol–water partition coefficient (Wildman–Crippen LogP) is 2.80. The van der Waals surface area contributed by atoms with Crippen LogP contribution in [0.25, 0.3) is 0 Å². The SMILES string of the molecule is Cc1ccc(N2C=CC=CCC2=O)cc1. The minimum Gasteiger partial charge on any atom is -0.288 e. The van der Waals surface area contributed by atoms with Crippen molar-refractivity contribution in [3.05, 3.63) is 54.3 Å². The first-order chi connectivity index (χ1) is 7.27. The van der Waals surface area contributed by atoms with Gasteiger partial charge in [0.25, 0.3) is 0 Å². The molecule has 1 aromatic carbocycles. The zero-order valence-electron chi connectivity index (χ0n) is 8.68. The number of hydrogen-bond acceptors (Lipinski definition) is 1. The number of hydrogen-bond donors (Lipinski definition) is 0. The predicted molar refractivity (Wildman–Crippen MR) is 61.6 cm³/mol. The lowest BCUT2D eigenvalue weighted by Gasteiger charge is -2.16. The fraction of sp³-hybridized carbons (Fsp3) is 0.154. The Kier molecular flexibility index (Phi) is 2.68. The van der Waals surface area contributed by atoms with Crippen LogP contribution in [0, 0.1) is 6.92 Å². The molecule has 0 N–H and O–H groups in total. The Labute approximate surface area is 89.5 Å². The minimum absolute atomic E-state index is 0.101. The largest absolute Gasteiger partial charge is 0.288 e. The van der Waals surface area contributed by atoms with E-state index in [-0.39, 0.29) is 5.91 Å². The van der Waals surface area contributed by atoms with Crippen molar-refractivity contribution in [2.75, 3.05) is 4.90 Å². The van der Waals surface area contributed by atoms with E-state index in [1.54, 1.807) is 11.1 Å². The van der Waals surface area contributed by atoms with E-state index in [2.05, 4.69) is 0 Å². The third kappa shape index (κ3) is 2.15. The van der Waals surface area contributed by atoms with Crippen LogP contribution in [0.1, 0.15) is 12.0 Å². The number of amides is 1. The van der Waals surface area contributed by atoms with Crippen molar-refractivity contribution in [1.29, 1.82) is 0 Å². The van der Waals surface area contributed by atoms with E-state index >= 15 is 0 Å². The van der Waals surface area contributed by atoms with E-state index in [1.165, 1.54) is 5.56 Å². The van der Waals surface area contributed by atoms with Gasteiger partial charge in [0.15, 0.2) is 0 Å². The molecule has 1 aliphatic heterocycles. The molecule has 0 radical (unpaired) electrons. The van der Waals surface area contributed by atoms with Gasteiger partial charge in [-0.1, -0.05) is 29.8 Å². The van der Waals surface area contributed by atoms with Crippen LogP contribution in [-0.2, 0) is 4.79 Å². The summed E-state index contributed by atoms with van der Waals surface area (Å²) in [6, 6.07) is 7.94. The number of rotatable bonds is 1. The zero-order valence-corrected chi connectivity index (χ0v) is 8.68. The summed E-state index contributed by atoms with van der Waals surface area (Å²) < 4.78 is 0. The van der Waals surface area contributed by atoms with Gasteiger partial charge in [0.1, 0.15) is 0 Å². The Morgan fingerprint density at radius 2 is 1.87 bits per heavy atom. The summed E-state index contributed by atoms with van der Waals surface area (Å²) in [6.45, 7) is 2.03. The molecule has 0 aliphatic carbocycles. The van der Waals surface area contributed by atoms with Crippen LogP contribution in [0.3, 0.4) is 0 Å². The van der Waals surface area contributed by atoms with Crippen LogP contribution >= 0.6 is 0 Å². The smallest absolute Gasteiger partial charge is 0.234 e. The summed E-state index contributed by atoms with van der Waals surface area (Å²) in [5.74, 6) is 0.101. The molecule has 2 nitrogen and oxygen atoms in total. The Bertz CT molecular complexity index is 415. The highest BCUT2D eigenvalue weighted by Gasteiger charge is 2.12. The number of nitrogens with zero attached hydrogens (tertiary/aromatic N) is 1. The van der Waals surface area contributed by atoms with Gasteiger partial charge in [0.2, 0.25) is 5.91 Å². The highest BCUT2D eigenvalue weighted by Crippen LogP contribution is 2.18. The maximum atomic E-state index is 11.7. The van der Waals surface area contributed by atoms with Gasteiger partial charge in [0, 0.05) is 18.3 Å². The molecule has 0 saturated heterocycles. The summed E-state index contributed by atoms with van der Waals surface area (Å²) in [5, 5.41) is 0. The topological polar surface area (TPSA) is 20.3 Å². The average molecular weight is 199 g/mol. The van der Waals surface area contributed by atoms with Gasteiger partial charge in [0.05, 0.1) is 0 Å². The van der Waals surface area contributed by atoms with Gasteiger partial charge in [-0.25, -0.2) is 0 Å². The molecule has 0 saturated carbocycles. The van der Waals surface area contributed by atoms with Crippen LogP contribution in [0.5, 0.6) is 0 Å². The standard InChI is InChI=1S/C13H13NO/c1-11-6-8-12(9-7-11)14-10-4-2-3-5-13(14)15/h2-4,6-10H,5H2,1H3. The first-order valence-electron chi connectivity index (χ1n) is 4.99. The quantitative estimate of drug-likeness (QED) is 0.681. The lowest BCUT2D eigenvalue weighted by atomic mass is 10.2. The lowest BCUT2D eigenvalue weighted by Crippen LogP contribution is -2.23. The normalized spacial score (nSPS) is 15.5. The first-order valence-corrected chi connectivity index (χ1v) is 4.99. The monoisotopic (exact) mass is 199 g/mol. The van der Waals surface area contributed by atoms with Gasteiger partial charge in [-0.3, -0.25) is 9.69 Å². The highest BCUT2D eigenvalue weighted by molar-refractivity contribution is 5.96. The van der Waals surface area contributed by atoms with Gasteiger partial charge in [-0.05, 0) is 25.1 Å².